The van der Waals surface area contributed by atoms with Crippen LogP contribution in [0.25, 0.3) is 39.1 Å². The Balaban J connectivity index is 1.34. The third-order valence-electron chi connectivity index (χ3n) is 6.71. The Morgan fingerprint density at radius 1 is 0.568 bits per heavy atom. The van der Waals surface area contributed by atoms with Crippen LogP contribution in [0.2, 0.25) is 0 Å². The van der Waals surface area contributed by atoms with E-state index in [0.29, 0.717) is 5.84 Å². The zero-order chi connectivity index (χ0) is 24.6. The molecule has 0 radical (unpaired) electrons. The van der Waals surface area contributed by atoms with Gasteiger partial charge in [0.15, 0.2) is 0 Å². The van der Waals surface area contributed by atoms with Gasteiger partial charge in [-0.3, -0.25) is 4.40 Å². The van der Waals surface area contributed by atoms with Crippen LogP contribution in [0.1, 0.15) is 0 Å². The number of para-hydroxylation sites is 2. The second kappa shape index (κ2) is 8.85. The maximum absolute atomic E-state index is 5.69. The largest absolute Gasteiger partial charge is 0.432 e. The second-order valence-electron chi connectivity index (χ2n) is 8.98. The number of nitrogens with zero attached hydrogens (tertiary/aromatic N) is 3. The van der Waals surface area contributed by atoms with Gasteiger partial charge in [0.05, 0.1) is 5.69 Å². The summed E-state index contributed by atoms with van der Waals surface area (Å²) >= 11 is 0. The number of aromatic nitrogens is 2. The van der Waals surface area contributed by atoms with E-state index in [2.05, 4.69) is 120 Å². The smallest absolute Gasteiger partial charge is 0.306 e. The van der Waals surface area contributed by atoms with Crippen molar-refractivity contribution in [1.82, 2.24) is 9.38 Å². The first-order valence-corrected chi connectivity index (χ1v) is 12.3. The van der Waals surface area contributed by atoms with Crippen LogP contribution >= 0.6 is 0 Å². The zero-order valence-electron chi connectivity index (χ0n) is 20.0. The van der Waals surface area contributed by atoms with Gasteiger partial charge in [0, 0.05) is 34.4 Å². The minimum absolute atomic E-state index is 0.581. The summed E-state index contributed by atoms with van der Waals surface area (Å²) in [6, 6.07) is 44.4. The van der Waals surface area contributed by atoms with E-state index >= 15 is 0 Å². The molecule has 5 aromatic carbocycles. The number of hydrogen-bond acceptors (Lipinski definition) is 3. The fourth-order valence-corrected chi connectivity index (χ4v) is 4.97. The van der Waals surface area contributed by atoms with Crippen molar-refractivity contribution in [3.8, 4) is 22.5 Å². The van der Waals surface area contributed by atoms with E-state index in [1.807, 2.05) is 22.7 Å². The highest BCUT2D eigenvalue weighted by atomic mass is 16.3. The Morgan fingerprint density at radius 2 is 1.16 bits per heavy atom. The third kappa shape index (κ3) is 3.76. The number of benzene rings is 5. The molecule has 7 aromatic rings. The lowest BCUT2D eigenvalue weighted by atomic mass is 10.0. The molecule has 0 spiro atoms. The Labute approximate surface area is 214 Å². The van der Waals surface area contributed by atoms with Crippen molar-refractivity contribution < 1.29 is 4.42 Å². The van der Waals surface area contributed by atoms with E-state index in [1.165, 1.54) is 10.8 Å². The van der Waals surface area contributed by atoms with Crippen LogP contribution in [0, 0.1) is 0 Å². The number of imidazole rings is 1. The maximum atomic E-state index is 5.69. The molecule has 7 rings (SSSR count). The normalized spacial score (nSPS) is 11.2. The molecule has 37 heavy (non-hydrogen) atoms. The number of hydrogen-bond donors (Lipinski definition) is 0. The van der Waals surface area contributed by atoms with Gasteiger partial charge in [-0.25, -0.2) is 0 Å². The molecule has 0 aliphatic heterocycles. The van der Waals surface area contributed by atoms with Crippen LogP contribution in [0.4, 0.5) is 17.1 Å². The summed E-state index contributed by atoms with van der Waals surface area (Å²) < 4.78 is 7.71. The minimum Gasteiger partial charge on any atom is -0.432 e. The fraction of sp³-hybridized carbons (Fsp3) is 0. The molecule has 0 aliphatic carbocycles. The van der Waals surface area contributed by atoms with Gasteiger partial charge in [-0.05, 0) is 53.2 Å². The standard InChI is InChI=1S/C33H23N3O/c1-3-11-28(12-4-1)36(29-13-5-2-6-14-29)30-19-17-25(18-20-30)31-32(35-21-22-37-33(35)34-31)27-16-15-24-9-7-8-10-26(24)23-27/h1-23H. The molecule has 4 nitrogen and oxygen atoms in total. The highest BCUT2D eigenvalue weighted by Gasteiger charge is 2.19. The summed E-state index contributed by atoms with van der Waals surface area (Å²) in [5.74, 6) is 0.581. The van der Waals surface area contributed by atoms with E-state index in [4.69, 9.17) is 9.40 Å². The van der Waals surface area contributed by atoms with Crippen molar-refractivity contribution in [2.24, 2.45) is 0 Å². The number of fused-ring (bicyclic) bond motifs is 2. The molecule has 0 saturated carbocycles. The molecular formula is C33H23N3O. The molecule has 2 heterocycles. The van der Waals surface area contributed by atoms with Crippen molar-refractivity contribution >= 4 is 33.7 Å². The van der Waals surface area contributed by atoms with Gasteiger partial charge in [-0.2, -0.15) is 4.98 Å². The lowest BCUT2D eigenvalue weighted by Crippen LogP contribution is -2.09. The number of oxazole rings is 1. The van der Waals surface area contributed by atoms with Gasteiger partial charge in [0.25, 0.3) is 0 Å². The van der Waals surface area contributed by atoms with Gasteiger partial charge < -0.3 is 9.32 Å². The molecular weight excluding hydrogens is 454 g/mol. The minimum atomic E-state index is 0.581. The van der Waals surface area contributed by atoms with Gasteiger partial charge in [0.1, 0.15) is 12.0 Å². The Kier molecular flexibility index (Phi) is 5.07. The quantitative estimate of drug-likeness (QED) is 0.248. The summed E-state index contributed by atoms with van der Waals surface area (Å²) in [7, 11) is 0. The molecule has 0 fully saturated rings. The van der Waals surface area contributed by atoms with Crippen LogP contribution in [0.15, 0.2) is 144 Å². The zero-order valence-corrected chi connectivity index (χ0v) is 20.0. The number of rotatable bonds is 5. The van der Waals surface area contributed by atoms with E-state index < -0.39 is 0 Å². The molecule has 4 heteroatoms. The molecule has 0 saturated heterocycles. The summed E-state index contributed by atoms with van der Waals surface area (Å²) in [6.45, 7) is 0. The van der Waals surface area contributed by atoms with E-state index in [0.717, 1.165) is 39.6 Å². The average molecular weight is 478 g/mol. The molecule has 176 valence electrons. The van der Waals surface area contributed by atoms with Gasteiger partial charge in [-0.1, -0.05) is 84.9 Å². The molecule has 0 amide bonds. The average Bonchev–Trinajstić information content (AvgIpc) is 3.56. The van der Waals surface area contributed by atoms with Crippen molar-refractivity contribution in [2.75, 3.05) is 4.90 Å². The van der Waals surface area contributed by atoms with Crippen LogP contribution in [-0.2, 0) is 0 Å². The monoisotopic (exact) mass is 477 g/mol. The SMILES string of the molecule is c1ccc(N(c2ccccc2)c2ccc(-c3nc4occn4c3-c3ccc4ccccc4c3)cc2)cc1. The van der Waals surface area contributed by atoms with Crippen molar-refractivity contribution in [3.05, 3.63) is 140 Å². The topological polar surface area (TPSA) is 33.7 Å². The maximum Gasteiger partial charge on any atom is 0.306 e. The van der Waals surface area contributed by atoms with Crippen LogP contribution in [-0.4, -0.2) is 9.38 Å². The van der Waals surface area contributed by atoms with Gasteiger partial charge in [-0.15, -0.1) is 0 Å². The van der Waals surface area contributed by atoms with E-state index in [1.54, 1.807) is 6.26 Å². The molecule has 0 atom stereocenters. The first-order chi connectivity index (χ1) is 18.3. The second-order valence-corrected chi connectivity index (χ2v) is 8.98. The molecule has 0 bridgehead atoms. The number of anilines is 3. The van der Waals surface area contributed by atoms with Crippen LogP contribution < -0.4 is 4.90 Å². The summed E-state index contributed by atoms with van der Waals surface area (Å²) in [6.07, 6.45) is 3.61. The van der Waals surface area contributed by atoms with Crippen molar-refractivity contribution in [1.29, 1.82) is 0 Å². The van der Waals surface area contributed by atoms with E-state index in [9.17, 15) is 0 Å². The Bertz CT molecular complexity index is 1780. The van der Waals surface area contributed by atoms with E-state index in [-0.39, 0.29) is 0 Å². The predicted molar refractivity (Wildman–Crippen MR) is 151 cm³/mol. The van der Waals surface area contributed by atoms with Crippen LogP contribution in [0.3, 0.4) is 0 Å². The van der Waals surface area contributed by atoms with Crippen LogP contribution in [0.5, 0.6) is 0 Å². The Morgan fingerprint density at radius 3 is 1.86 bits per heavy atom. The molecule has 0 unspecified atom stereocenters. The fourth-order valence-electron chi connectivity index (χ4n) is 4.97. The first-order valence-electron chi connectivity index (χ1n) is 12.3. The molecule has 0 aliphatic rings. The molecule has 2 aromatic heterocycles. The predicted octanol–water partition coefficient (Wildman–Crippen LogP) is 8.88. The summed E-state index contributed by atoms with van der Waals surface area (Å²) in [5.41, 5.74) is 7.35. The third-order valence-corrected chi connectivity index (χ3v) is 6.71. The van der Waals surface area contributed by atoms with Crippen molar-refractivity contribution in [2.45, 2.75) is 0 Å². The lowest BCUT2D eigenvalue weighted by Gasteiger charge is -2.25. The Hall–Kier alpha value is -5.09. The first kappa shape index (κ1) is 21.2. The highest BCUT2D eigenvalue weighted by molar-refractivity contribution is 5.90. The van der Waals surface area contributed by atoms with Gasteiger partial charge in [0.2, 0.25) is 0 Å². The highest BCUT2D eigenvalue weighted by Crippen LogP contribution is 2.38. The summed E-state index contributed by atoms with van der Waals surface area (Å²) in [5, 5.41) is 2.41. The molecule has 0 N–H and O–H groups in total. The van der Waals surface area contributed by atoms with Gasteiger partial charge >= 0.3 is 5.84 Å². The summed E-state index contributed by atoms with van der Waals surface area (Å²) in [4.78, 5) is 7.13. The van der Waals surface area contributed by atoms with Crippen molar-refractivity contribution in [3.63, 3.8) is 0 Å². The lowest BCUT2D eigenvalue weighted by molar-refractivity contribution is 0.596.